The Bertz CT molecular complexity index is 1740. The molecule has 0 aliphatic rings. The van der Waals surface area contributed by atoms with Gasteiger partial charge in [0.05, 0.1) is 38.6 Å². The number of nitrogens with zero attached hydrogens (tertiary/aromatic N) is 5. The summed E-state index contributed by atoms with van der Waals surface area (Å²) in [4.78, 5) is 4.94. The van der Waals surface area contributed by atoms with Crippen molar-refractivity contribution < 1.29 is 8.42 Å². The largest absolute Gasteiger partial charge is 0.327 e. The lowest BCUT2D eigenvalue weighted by molar-refractivity contribution is 0.597. The second kappa shape index (κ2) is 9.29. The van der Waals surface area contributed by atoms with Gasteiger partial charge in [-0.2, -0.15) is 10.4 Å². The summed E-state index contributed by atoms with van der Waals surface area (Å²) in [6.07, 6.45) is 3.64. The summed E-state index contributed by atoms with van der Waals surface area (Å²) in [5.41, 5.74) is 5.09. The highest BCUT2D eigenvalue weighted by Gasteiger charge is 2.17. The molecule has 0 N–H and O–H groups in total. The first-order valence-electron chi connectivity index (χ1n) is 11.4. The standard InChI is InChI=1S/C28H23N5O2S/c1-3-36(34,35)24-15-13-20(14-16-24)27-22(19-33(31-27)23-9-5-4-6-10-23)17-21(18-29)28-30-25-11-7-8-12-26(25)32(28)2/h4-17,19H,3H2,1-2H3. The van der Waals surface area contributed by atoms with Gasteiger partial charge in [0.2, 0.25) is 0 Å². The van der Waals surface area contributed by atoms with E-state index in [1.165, 1.54) is 0 Å². The summed E-state index contributed by atoms with van der Waals surface area (Å²) in [6, 6.07) is 26.4. The molecule has 3 aromatic carbocycles. The molecule has 0 saturated carbocycles. The summed E-state index contributed by atoms with van der Waals surface area (Å²) in [5.74, 6) is 0.591. The van der Waals surface area contributed by atoms with Crippen LogP contribution in [-0.2, 0) is 16.9 Å². The van der Waals surface area contributed by atoms with Gasteiger partial charge in [-0.3, -0.25) is 0 Å². The monoisotopic (exact) mass is 493 g/mol. The smallest absolute Gasteiger partial charge is 0.178 e. The van der Waals surface area contributed by atoms with Crippen LogP contribution in [0, 0.1) is 11.3 Å². The second-order valence-electron chi connectivity index (χ2n) is 8.29. The maximum absolute atomic E-state index is 12.3. The molecule has 5 rings (SSSR count). The number of hydrogen-bond acceptors (Lipinski definition) is 5. The fraction of sp³-hybridized carbons (Fsp3) is 0.107. The van der Waals surface area contributed by atoms with Crippen molar-refractivity contribution in [2.24, 2.45) is 7.05 Å². The van der Waals surface area contributed by atoms with Crippen LogP contribution in [0.3, 0.4) is 0 Å². The van der Waals surface area contributed by atoms with Crippen LogP contribution in [0.4, 0.5) is 0 Å². The third kappa shape index (κ3) is 4.21. The van der Waals surface area contributed by atoms with E-state index in [1.54, 1.807) is 41.9 Å². The zero-order valence-corrected chi connectivity index (χ0v) is 20.6. The molecule has 36 heavy (non-hydrogen) atoms. The van der Waals surface area contributed by atoms with Crippen LogP contribution in [0.15, 0.2) is 90.0 Å². The molecule has 0 unspecified atom stereocenters. The molecule has 0 saturated heterocycles. The molecule has 0 bridgehead atoms. The van der Waals surface area contributed by atoms with Crippen LogP contribution in [0.25, 0.3) is 39.6 Å². The number of rotatable bonds is 6. The summed E-state index contributed by atoms with van der Waals surface area (Å²) in [6.45, 7) is 1.62. The van der Waals surface area contributed by atoms with E-state index in [-0.39, 0.29) is 10.6 Å². The van der Waals surface area contributed by atoms with Crippen molar-refractivity contribution in [1.82, 2.24) is 19.3 Å². The molecule has 0 amide bonds. The Hall–Kier alpha value is -4.48. The molecule has 0 atom stereocenters. The number of nitriles is 1. The average molecular weight is 494 g/mol. The lowest BCUT2D eigenvalue weighted by Gasteiger charge is -2.04. The molecular formula is C28H23N5O2S. The Morgan fingerprint density at radius 2 is 1.69 bits per heavy atom. The van der Waals surface area contributed by atoms with Crippen molar-refractivity contribution in [3.05, 3.63) is 96.4 Å². The zero-order chi connectivity index (χ0) is 25.3. The molecule has 2 aromatic heterocycles. The SMILES string of the molecule is CCS(=O)(=O)c1ccc(-c2nn(-c3ccccc3)cc2C=C(C#N)c2nc3ccccc3n2C)cc1. The molecule has 178 valence electrons. The minimum atomic E-state index is -3.31. The Labute approximate surface area is 209 Å². The number of hydrogen-bond donors (Lipinski definition) is 0. The van der Waals surface area contributed by atoms with Crippen LogP contribution >= 0.6 is 0 Å². The molecule has 0 aliphatic carbocycles. The number of aromatic nitrogens is 4. The number of para-hydroxylation sites is 3. The van der Waals surface area contributed by atoms with E-state index in [4.69, 9.17) is 5.10 Å². The molecule has 5 aromatic rings. The maximum atomic E-state index is 12.3. The summed E-state index contributed by atoms with van der Waals surface area (Å²) < 4.78 is 28.2. The minimum Gasteiger partial charge on any atom is -0.327 e. The topological polar surface area (TPSA) is 93.6 Å². The molecule has 8 heteroatoms. The quantitative estimate of drug-likeness (QED) is 0.300. The summed E-state index contributed by atoms with van der Waals surface area (Å²) >= 11 is 0. The molecular weight excluding hydrogens is 470 g/mol. The van der Waals surface area contributed by atoms with Gasteiger partial charge in [0, 0.05) is 24.4 Å². The lowest BCUT2D eigenvalue weighted by atomic mass is 10.1. The predicted octanol–water partition coefficient (Wildman–Crippen LogP) is 5.28. The van der Waals surface area contributed by atoms with Crippen molar-refractivity contribution in [2.45, 2.75) is 11.8 Å². The van der Waals surface area contributed by atoms with E-state index in [2.05, 4.69) is 11.1 Å². The van der Waals surface area contributed by atoms with Gasteiger partial charge in [-0.25, -0.2) is 18.1 Å². The third-order valence-corrected chi connectivity index (χ3v) is 7.83. The fourth-order valence-electron chi connectivity index (χ4n) is 4.11. The van der Waals surface area contributed by atoms with Crippen molar-refractivity contribution >= 4 is 32.5 Å². The Kier molecular flexibility index (Phi) is 6.00. The van der Waals surface area contributed by atoms with Gasteiger partial charge in [0.1, 0.15) is 6.07 Å². The first-order valence-corrected chi connectivity index (χ1v) is 13.1. The van der Waals surface area contributed by atoms with Gasteiger partial charge in [-0.1, -0.05) is 49.4 Å². The number of imidazole rings is 1. The van der Waals surface area contributed by atoms with Crippen molar-refractivity contribution in [3.63, 3.8) is 0 Å². The second-order valence-corrected chi connectivity index (χ2v) is 10.6. The van der Waals surface area contributed by atoms with Crippen LogP contribution in [0.2, 0.25) is 0 Å². The number of aryl methyl sites for hydroxylation is 1. The zero-order valence-electron chi connectivity index (χ0n) is 19.8. The van der Waals surface area contributed by atoms with Gasteiger partial charge in [-0.15, -0.1) is 0 Å². The van der Waals surface area contributed by atoms with Gasteiger partial charge < -0.3 is 4.57 Å². The van der Waals surface area contributed by atoms with E-state index in [9.17, 15) is 13.7 Å². The Morgan fingerprint density at radius 1 is 1.00 bits per heavy atom. The van der Waals surface area contributed by atoms with Crippen molar-refractivity contribution in [2.75, 3.05) is 5.75 Å². The molecule has 0 aliphatic heterocycles. The fourth-order valence-corrected chi connectivity index (χ4v) is 4.99. The van der Waals surface area contributed by atoms with E-state index in [0.717, 1.165) is 22.3 Å². The van der Waals surface area contributed by atoms with Crippen LogP contribution < -0.4 is 0 Å². The van der Waals surface area contributed by atoms with Crippen LogP contribution in [0.1, 0.15) is 18.3 Å². The lowest BCUT2D eigenvalue weighted by Crippen LogP contribution is -2.03. The van der Waals surface area contributed by atoms with E-state index < -0.39 is 9.84 Å². The molecule has 0 radical (unpaired) electrons. The molecule has 7 nitrogen and oxygen atoms in total. The van der Waals surface area contributed by atoms with E-state index in [1.807, 2.05) is 72.4 Å². The summed E-state index contributed by atoms with van der Waals surface area (Å²) in [5, 5.41) is 14.9. The molecule has 0 fully saturated rings. The van der Waals surface area contributed by atoms with E-state index >= 15 is 0 Å². The maximum Gasteiger partial charge on any atom is 0.178 e. The average Bonchev–Trinajstić information content (AvgIpc) is 3.49. The van der Waals surface area contributed by atoms with Gasteiger partial charge >= 0.3 is 0 Å². The number of sulfone groups is 1. The first-order chi connectivity index (χ1) is 17.4. The minimum absolute atomic E-state index is 0.0342. The van der Waals surface area contributed by atoms with Gasteiger partial charge in [0.25, 0.3) is 0 Å². The number of benzene rings is 3. The Morgan fingerprint density at radius 3 is 2.36 bits per heavy atom. The number of fused-ring (bicyclic) bond motifs is 1. The van der Waals surface area contributed by atoms with E-state index in [0.29, 0.717) is 22.7 Å². The third-order valence-electron chi connectivity index (χ3n) is 6.08. The Balaban J connectivity index is 1.67. The van der Waals surface area contributed by atoms with Crippen molar-refractivity contribution in [3.8, 4) is 23.0 Å². The normalized spacial score (nSPS) is 12.1. The number of allylic oxidation sites excluding steroid dienone is 1. The van der Waals surface area contributed by atoms with Gasteiger partial charge in [0.15, 0.2) is 15.7 Å². The van der Waals surface area contributed by atoms with Crippen molar-refractivity contribution in [1.29, 1.82) is 5.26 Å². The van der Waals surface area contributed by atoms with Gasteiger partial charge in [-0.05, 0) is 42.5 Å². The molecule has 0 spiro atoms. The van der Waals surface area contributed by atoms with Crippen LogP contribution in [0.5, 0.6) is 0 Å². The summed E-state index contributed by atoms with van der Waals surface area (Å²) in [7, 11) is -1.43. The highest BCUT2D eigenvalue weighted by molar-refractivity contribution is 7.91. The molecule has 2 heterocycles. The first kappa shape index (κ1) is 23.3. The highest BCUT2D eigenvalue weighted by atomic mass is 32.2. The van der Waals surface area contributed by atoms with Crippen LogP contribution in [-0.4, -0.2) is 33.5 Å². The highest BCUT2D eigenvalue weighted by Crippen LogP contribution is 2.29. The predicted molar refractivity (Wildman–Crippen MR) is 141 cm³/mol.